The lowest BCUT2D eigenvalue weighted by Crippen LogP contribution is -2.30. The van der Waals surface area contributed by atoms with Crippen LogP contribution in [0.1, 0.15) is 37.7 Å². The summed E-state index contributed by atoms with van der Waals surface area (Å²) < 4.78 is 15.5. The molecular weight excluding hydrogens is 423 g/mol. The third kappa shape index (κ3) is 5.24. The highest BCUT2D eigenvalue weighted by Gasteiger charge is 2.19. The molecule has 0 atom stereocenters. The van der Waals surface area contributed by atoms with Crippen molar-refractivity contribution in [3.05, 3.63) is 47.0 Å². The van der Waals surface area contributed by atoms with E-state index in [2.05, 4.69) is 25.4 Å². The predicted molar refractivity (Wildman–Crippen MR) is 116 cm³/mol. The van der Waals surface area contributed by atoms with Crippen molar-refractivity contribution in [3.8, 4) is 5.69 Å². The second kappa shape index (κ2) is 9.67. The van der Waals surface area contributed by atoms with Gasteiger partial charge in [0.1, 0.15) is 5.82 Å². The van der Waals surface area contributed by atoms with Crippen LogP contribution in [0.2, 0.25) is 0 Å². The highest BCUT2D eigenvalue weighted by atomic mass is 32.2. The van der Waals surface area contributed by atoms with Crippen molar-refractivity contribution in [2.45, 2.75) is 43.6 Å². The van der Waals surface area contributed by atoms with Gasteiger partial charge in [0.15, 0.2) is 16.1 Å². The molecule has 0 bridgehead atoms. The SMILES string of the molecule is CC(=O)Nc1nc(CSc2nnc(CN3CCCCC3)n2-c2ccc(F)cc2)cs1. The molecule has 1 aliphatic heterocycles. The average Bonchev–Trinajstić information content (AvgIpc) is 3.34. The molecule has 0 saturated carbocycles. The Morgan fingerprint density at radius 3 is 2.70 bits per heavy atom. The Bertz CT molecular complexity index is 997. The molecule has 0 aliphatic carbocycles. The summed E-state index contributed by atoms with van der Waals surface area (Å²) in [6, 6.07) is 6.41. The monoisotopic (exact) mass is 446 g/mol. The number of aromatic nitrogens is 4. The van der Waals surface area contributed by atoms with Crippen LogP contribution in [0.25, 0.3) is 5.69 Å². The second-order valence-electron chi connectivity index (χ2n) is 7.16. The average molecular weight is 447 g/mol. The summed E-state index contributed by atoms with van der Waals surface area (Å²) in [5, 5.41) is 14.8. The molecule has 1 fully saturated rings. The molecule has 1 saturated heterocycles. The number of thioether (sulfide) groups is 1. The smallest absolute Gasteiger partial charge is 0.223 e. The van der Waals surface area contributed by atoms with E-state index in [0.29, 0.717) is 17.4 Å². The lowest BCUT2D eigenvalue weighted by molar-refractivity contribution is -0.114. The molecule has 158 valence electrons. The number of amides is 1. The van der Waals surface area contributed by atoms with Crippen molar-refractivity contribution in [2.75, 3.05) is 18.4 Å². The zero-order chi connectivity index (χ0) is 20.9. The van der Waals surface area contributed by atoms with Crippen LogP contribution in [0.4, 0.5) is 9.52 Å². The van der Waals surface area contributed by atoms with Crippen molar-refractivity contribution in [1.82, 2.24) is 24.6 Å². The number of thiazole rings is 1. The van der Waals surface area contributed by atoms with Crippen molar-refractivity contribution < 1.29 is 9.18 Å². The Hall–Kier alpha value is -2.30. The topological polar surface area (TPSA) is 75.9 Å². The van der Waals surface area contributed by atoms with Gasteiger partial charge < -0.3 is 5.32 Å². The fraction of sp³-hybridized carbons (Fsp3) is 0.400. The summed E-state index contributed by atoms with van der Waals surface area (Å²) in [4.78, 5) is 18.0. The first-order valence-electron chi connectivity index (χ1n) is 9.86. The van der Waals surface area contributed by atoms with Crippen LogP contribution in [0.5, 0.6) is 0 Å². The minimum Gasteiger partial charge on any atom is -0.302 e. The number of nitrogens with one attached hydrogen (secondary N) is 1. The number of rotatable bonds is 7. The highest BCUT2D eigenvalue weighted by molar-refractivity contribution is 7.98. The van der Waals surface area contributed by atoms with Crippen LogP contribution < -0.4 is 5.32 Å². The number of piperidine rings is 1. The van der Waals surface area contributed by atoms with E-state index in [0.717, 1.165) is 35.5 Å². The van der Waals surface area contributed by atoms with Gasteiger partial charge in [-0.2, -0.15) is 0 Å². The van der Waals surface area contributed by atoms with E-state index in [1.807, 2.05) is 9.95 Å². The van der Waals surface area contributed by atoms with Gasteiger partial charge in [-0.15, -0.1) is 21.5 Å². The third-order valence-electron chi connectivity index (χ3n) is 4.78. The van der Waals surface area contributed by atoms with Crippen molar-refractivity contribution in [3.63, 3.8) is 0 Å². The van der Waals surface area contributed by atoms with Gasteiger partial charge in [-0.05, 0) is 50.2 Å². The number of halogens is 1. The van der Waals surface area contributed by atoms with Crippen LogP contribution in [0.15, 0.2) is 34.8 Å². The molecule has 3 heterocycles. The van der Waals surface area contributed by atoms with Gasteiger partial charge in [0, 0.05) is 23.7 Å². The van der Waals surface area contributed by atoms with Crippen LogP contribution >= 0.6 is 23.1 Å². The van der Waals surface area contributed by atoms with Gasteiger partial charge >= 0.3 is 0 Å². The minimum absolute atomic E-state index is 0.137. The van der Waals surface area contributed by atoms with E-state index >= 15 is 0 Å². The molecular formula is C20H23FN6OS2. The number of anilines is 1. The zero-order valence-corrected chi connectivity index (χ0v) is 18.3. The van der Waals surface area contributed by atoms with Gasteiger partial charge in [0.2, 0.25) is 5.91 Å². The number of likely N-dealkylation sites (tertiary alicyclic amines) is 1. The van der Waals surface area contributed by atoms with Crippen LogP contribution in [0, 0.1) is 5.82 Å². The standard InChI is InChI=1S/C20H23FN6OS2/c1-14(28)22-19-23-16(12-29-19)13-30-20-25-24-18(11-26-9-3-2-4-10-26)27(20)17-7-5-15(21)6-8-17/h5-8,12H,2-4,9-11,13H2,1H3,(H,22,23,28). The largest absolute Gasteiger partial charge is 0.302 e. The summed E-state index contributed by atoms with van der Waals surface area (Å²) in [7, 11) is 0. The molecule has 0 spiro atoms. The lowest BCUT2D eigenvalue weighted by Gasteiger charge is -2.26. The number of carbonyl (C=O) groups excluding carboxylic acids is 1. The fourth-order valence-electron chi connectivity index (χ4n) is 3.38. The normalized spacial score (nSPS) is 14.7. The maximum atomic E-state index is 13.5. The quantitative estimate of drug-likeness (QED) is 0.551. The van der Waals surface area contributed by atoms with Crippen molar-refractivity contribution >= 4 is 34.1 Å². The van der Waals surface area contributed by atoms with E-state index in [-0.39, 0.29) is 11.7 Å². The van der Waals surface area contributed by atoms with Crippen molar-refractivity contribution in [1.29, 1.82) is 0 Å². The first kappa shape index (κ1) is 21.0. The Kier molecular flexibility index (Phi) is 6.76. The molecule has 7 nitrogen and oxygen atoms in total. The molecule has 1 amide bonds. The molecule has 4 rings (SSSR count). The van der Waals surface area contributed by atoms with Gasteiger partial charge in [0.05, 0.1) is 12.2 Å². The maximum Gasteiger partial charge on any atom is 0.223 e. The molecule has 1 aliphatic rings. The second-order valence-corrected chi connectivity index (χ2v) is 8.96. The first-order valence-corrected chi connectivity index (χ1v) is 11.7. The summed E-state index contributed by atoms with van der Waals surface area (Å²) in [6.07, 6.45) is 3.68. The van der Waals surface area contributed by atoms with Crippen LogP contribution in [-0.2, 0) is 17.1 Å². The number of carbonyl (C=O) groups is 1. The number of hydrogen-bond donors (Lipinski definition) is 1. The Labute approximate surface area is 182 Å². The Morgan fingerprint density at radius 2 is 1.97 bits per heavy atom. The van der Waals surface area contributed by atoms with E-state index in [1.165, 1.54) is 61.4 Å². The molecule has 1 N–H and O–H groups in total. The van der Waals surface area contributed by atoms with E-state index in [9.17, 15) is 9.18 Å². The predicted octanol–water partition coefficient (Wildman–Crippen LogP) is 4.10. The van der Waals surface area contributed by atoms with Crippen molar-refractivity contribution in [2.24, 2.45) is 0 Å². The highest BCUT2D eigenvalue weighted by Crippen LogP contribution is 2.28. The van der Waals surface area contributed by atoms with Gasteiger partial charge in [-0.25, -0.2) is 9.37 Å². The fourth-order valence-corrected chi connectivity index (χ4v) is 5.11. The summed E-state index contributed by atoms with van der Waals surface area (Å²) >= 11 is 2.92. The molecule has 1 aromatic carbocycles. The van der Waals surface area contributed by atoms with Gasteiger partial charge in [0.25, 0.3) is 0 Å². The molecule has 3 aromatic rings. The summed E-state index contributed by atoms with van der Waals surface area (Å²) in [6.45, 7) is 4.30. The summed E-state index contributed by atoms with van der Waals surface area (Å²) in [5.41, 5.74) is 1.70. The van der Waals surface area contributed by atoms with Gasteiger partial charge in [-0.1, -0.05) is 18.2 Å². The van der Waals surface area contributed by atoms with Gasteiger partial charge in [-0.3, -0.25) is 14.3 Å². The van der Waals surface area contributed by atoms with Crippen LogP contribution in [0.3, 0.4) is 0 Å². The molecule has 0 radical (unpaired) electrons. The lowest BCUT2D eigenvalue weighted by atomic mass is 10.1. The number of nitrogens with zero attached hydrogens (tertiary/aromatic N) is 5. The molecule has 2 aromatic heterocycles. The number of benzene rings is 1. The van der Waals surface area contributed by atoms with Crippen LogP contribution in [-0.4, -0.2) is 43.6 Å². The third-order valence-corrected chi connectivity index (χ3v) is 6.55. The first-order chi connectivity index (χ1) is 14.6. The van der Waals surface area contributed by atoms with E-state index in [1.54, 1.807) is 12.1 Å². The van der Waals surface area contributed by atoms with E-state index < -0.39 is 0 Å². The minimum atomic E-state index is -0.272. The summed E-state index contributed by atoms with van der Waals surface area (Å²) in [5.74, 6) is 1.04. The zero-order valence-electron chi connectivity index (χ0n) is 16.7. The Morgan fingerprint density at radius 1 is 1.20 bits per heavy atom. The molecule has 10 heteroatoms. The molecule has 0 unspecified atom stereocenters. The Balaban J connectivity index is 1.54. The maximum absolute atomic E-state index is 13.5. The molecule has 30 heavy (non-hydrogen) atoms. The van der Waals surface area contributed by atoms with E-state index in [4.69, 9.17) is 0 Å². The number of hydrogen-bond acceptors (Lipinski definition) is 7.